The van der Waals surface area contributed by atoms with Crippen molar-refractivity contribution in [3.05, 3.63) is 16.5 Å². The Morgan fingerprint density at radius 3 is 2.30 bits per heavy atom. The zero-order chi connectivity index (χ0) is 15.7. The van der Waals surface area contributed by atoms with Crippen molar-refractivity contribution in [2.24, 2.45) is 0 Å². The van der Waals surface area contributed by atoms with Crippen LogP contribution >= 0.6 is 11.3 Å². The van der Waals surface area contributed by atoms with E-state index in [1.165, 1.54) is 19.9 Å². The van der Waals surface area contributed by atoms with Crippen LogP contribution in [0.3, 0.4) is 0 Å². The van der Waals surface area contributed by atoms with Gasteiger partial charge in [-0.05, 0) is 32.4 Å². The van der Waals surface area contributed by atoms with Crippen molar-refractivity contribution in [2.45, 2.75) is 43.8 Å². The van der Waals surface area contributed by atoms with Gasteiger partial charge in [-0.2, -0.15) is 17.5 Å². The molecule has 0 bridgehead atoms. The van der Waals surface area contributed by atoms with E-state index in [-0.39, 0.29) is 10.8 Å². The Morgan fingerprint density at radius 2 is 1.95 bits per heavy atom. The minimum Gasteiger partial charge on any atom is -0.391 e. The summed E-state index contributed by atoms with van der Waals surface area (Å²) >= 11 is 0.791. The fourth-order valence-electron chi connectivity index (χ4n) is 1.61. The molecule has 0 radical (unpaired) electrons. The van der Waals surface area contributed by atoms with Crippen molar-refractivity contribution in [3.8, 4) is 0 Å². The highest BCUT2D eigenvalue weighted by atomic mass is 32.2. The molecule has 1 N–H and O–H groups in total. The molecule has 1 rings (SSSR count). The summed E-state index contributed by atoms with van der Waals surface area (Å²) in [4.78, 5) is 0.430. The third-order valence-corrected chi connectivity index (χ3v) is 6.31. The minimum atomic E-state index is -4.61. The van der Waals surface area contributed by atoms with Gasteiger partial charge in [0.1, 0.15) is 10.8 Å². The number of hydrogen-bond acceptors (Lipinski definition) is 4. The lowest BCUT2D eigenvalue weighted by atomic mass is 10.3. The van der Waals surface area contributed by atoms with Gasteiger partial charge >= 0.3 is 6.18 Å². The molecule has 0 unspecified atom stereocenters. The van der Waals surface area contributed by atoms with Crippen molar-refractivity contribution in [3.63, 3.8) is 0 Å². The number of aryl methyl sites for hydroxylation is 1. The molecule has 0 spiro atoms. The Labute approximate surface area is 119 Å². The van der Waals surface area contributed by atoms with Gasteiger partial charge in [-0.1, -0.05) is 0 Å². The smallest absolute Gasteiger partial charge is 0.391 e. The van der Waals surface area contributed by atoms with Gasteiger partial charge in [0.25, 0.3) is 10.0 Å². The van der Waals surface area contributed by atoms with Gasteiger partial charge in [0.15, 0.2) is 0 Å². The largest absolute Gasteiger partial charge is 0.402 e. The van der Waals surface area contributed by atoms with Crippen LogP contribution in [-0.4, -0.2) is 36.6 Å². The van der Waals surface area contributed by atoms with Crippen LogP contribution in [-0.2, 0) is 16.6 Å². The maximum Gasteiger partial charge on any atom is 0.402 e. The molecule has 0 fully saturated rings. The number of rotatable bonds is 5. The summed E-state index contributed by atoms with van der Waals surface area (Å²) in [5, 5.41) is 9.05. The zero-order valence-corrected chi connectivity index (χ0v) is 12.9. The number of hydrogen-bond donors (Lipinski definition) is 1. The molecule has 1 aromatic rings. The standard InChI is InChI=1S/C11H16F3NO3S2/c1-7(2)15(6-11(12,13)14)20(17,18)10-4-8(3)9(5-16)19-10/h4,7,16H,5-6H2,1-3H3. The van der Waals surface area contributed by atoms with Crippen molar-refractivity contribution in [2.75, 3.05) is 6.54 Å². The summed E-state index contributed by atoms with van der Waals surface area (Å²) in [5.74, 6) is 0. The highest BCUT2D eigenvalue weighted by Gasteiger charge is 2.39. The minimum absolute atomic E-state index is 0.183. The topological polar surface area (TPSA) is 57.6 Å². The summed E-state index contributed by atoms with van der Waals surface area (Å²) in [6.07, 6.45) is -4.61. The predicted molar refractivity (Wildman–Crippen MR) is 70.1 cm³/mol. The van der Waals surface area contributed by atoms with Gasteiger partial charge in [0.2, 0.25) is 0 Å². The zero-order valence-electron chi connectivity index (χ0n) is 11.2. The molecule has 1 aromatic heterocycles. The number of nitrogens with zero attached hydrogens (tertiary/aromatic N) is 1. The van der Waals surface area contributed by atoms with Crippen LogP contribution in [0.5, 0.6) is 0 Å². The molecule has 0 aliphatic heterocycles. The van der Waals surface area contributed by atoms with E-state index < -0.39 is 28.8 Å². The quantitative estimate of drug-likeness (QED) is 0.902. The van der Waals surface area contributed by atoms with Gasteiger partial charge in [0.05, 0.1) is 6.61 Å². The van der Waals surface area contributed by atoms with Gasteiger partial charge in [0, 0.05) is 10.9 Å². The van der Waals surface area contributed by atoms with Crippen molar-refractivity contribution < 1.29 is 26.7 Å². The molecule has 0 atom stereocenters. The Balaban J connectivity index is 3.22. The molecule has 0 aromatic carbocycles. The molecule has 1 heterocycles. The van der Waals surface area contributed by atoms with E-state index in [9.17, 15) is 21.6 Å². The number of sulfonamides is 1. The predicted octanol–water partition coefficient (Wildman–Crippen LogP) is 2.51. The summed E-state index contributed by atoms with van der Waals surface area (Å²) in [6, 6.07) is 0.471. The average molecular weight is 331 g/mol. The summed E-state index contributed by atoms with van der Waals surface area (Å²) in [5.41, 5.74) is 0.548. The normalized spacial score (nSPS) is 13.4. The Bertz CT molecular complexity index is 564. The molecule has 0 saturated carbocycles. The molecule has 0 amide bonds. The number of alkyl halides is 3. The van der Waals surface area contributed by atoms with E-state index in [0.717, 1.165) is 11.3 Å². The van der Waals surface area contributed by atoms with Crippen molar-refractivity contribution >= 4 is 21.4 Å². The Kier molecular flexibility index (Phi) is 5.23. The first-order valence-corrected chi connectivity index (χ1v) is 8.03. The van der Waals surface area contributed by atoms with Crippen LogP contribution in [0.2, 0.25) is 0 Å². The third-order valence-electron chi connectivity index (χ3n) is 2.62. The van der Waals surface area contributed by atoms with Gasteiger partial charge in [-0.15, -0.1) is 11.3 Å². The highest BCUT2D eigenvalue weighted by Crippen LogP contribution is 2.31. The Hall–Kier alpha value is -0.640. The van der Waals surface area contributed by atoms with E-state index in [1.54, 1.807) is 6.92 Å². The first-order chi connectivity index (χ1) is 8.99. The number of aliphatic hydroxyl groups is 1. The van der Waals surface area contributed by atoms with Crippen LogP contribution in [0, 0.1) is 6.92 Å². The van der Waals surface area contributed by atoms with E-state index in [4.69, 9.17) is 5.11 Å². The van der Waals surface area contributed by atoms with Gasteiger partial charge < -0.3 is 5.11 Å². The number of aliphatic hydroxyl groups excluding tert-OH is 1. The molecule has 116 valence electrons. The lowest BCUT2D eigenvalue weighted by Gasteiger charge is -2.26. The van der Waals surface area contributed by atoms with Crippen molar-refractivity contribution in [1.82, 2.24) is 4.31 Å². The monoisotopic (exact) mass is 331 g/mol. The van der Waals surface area contributed by atoms with Crippen LogP contribution in [0.25, 0.3) is 0 Å². The fraction of sp³-hybridized carbons (Fsp3) is 0.636. The van der Waals surface area contributed by atoms with Crippen LogP contribution in [0.1, 0.15) is 24.3 Å². The first-order valence-electron chi connectivity index (χ1n) is 5.78. The highest BCUT2D eigenvalue weighted by molar-refractivity contribution is 7.91. The molecule has 20 heavy (non-hydrogen) atoms. The fourth-order valence-corrected chi connectivity index (χ4v) is 4.81. The molecule has 0 saturated heterocycles. The Morgan fingerprint density at radius 1 is 1.40 bits per heavy atom. The first kappa shape index (κ1) is 17.4. The molecular formula is C11H16F3NO3S2. The van der Waals surface area contributed by atoms with E-state index >= 15 is 0 Å². The van der Waals surface area contributed by atoms with Crippen molar-refractivity contribution in [1.29, 1.82) is 0 Å². The maximum absolute atomic E-state index is 12.5. The maximum atomic E-state index is 12.5. The second kappa shape index (κ2) is 6.00. The van der Waals surface area contributed by atoms with Gasteiger partial charge in [-0.3, -0.25) is 0 Å². The summed E-state index contributed by atoms with van der Waals surface area (Å²) in [7, 11) is -4.22. The molecule has 4 nitrogen and oxygen atoms in total. The van der Waals surface area contributed by atoms with Gasteiger partial charge in [-0.25, -0.2) is 8.42 Å². The van der Waals surface area contributed by atoms with E-state index in [0.29, 0.717) is 14.7 Å². The number of thiophene rings is 1. The van der Waals surface area contributed by atoms with Crippen LogP contribution in [0.4, 0.5) is 13.2 Å². The third kappa shape index (κ3) is 3.94. The van der Waals surface area contributed by atoms with Crippen LogP contribution in [0.15, 0.2) is 10.3 Å². The second-order valence-corrected chi connectivity index (χ2v) is 7.84. The van der Waals surface area contributed by atoms with E-state index in [2.05, 4.69) is 0 Å². The molecule has 9 heteroatoms. The second-order valence-electron chi connectivity index (χ2n) is 4.59. The average Bonchev–Trinajstić information content (AvgIpc) is 2.66. The number of halogens is 3. The molecule has 0 aliphatic rings. The van der Waals surface area contributed by atoms with E-state index in [1.807, 2.05) is 0 Å². The molecule has 0 aliphatic carbocycles. The molecular weight excluding hydrogens is 315 g/mol. The lowest BCUT2D eigenvalue weighted by molar-refractivity contribution is -0.138. The summed E-state index contributed by atoms with van der Waals surface area (Å²) < 4.78 is 62.4. The van der Waals surface area contributed by atoms with Crippen LogP contribution < -0.4 is 0 Å². The SMILES string of the molecule is Cc1cc(S(=O)(=O)N(CC(F)(F)F)C(C)C)sc1CO. The summed E-state index contributed by atoms with van der Waals surface area (Å²) in [6.45, 7) is 2.50. The lowest BCUT2D eigenvalue weighted by Crippen LogP contribution is -2.42.